The number of rotatable bonds is 2. The summed E-state index contributed by atoms with van der Waals surface area (Å²) >= 11 is 0. The molecule has 0 amide bonds. The van der Waals surface area contributed by atoms with Crippen molar-refractivity contribution in [2.45, 2.75) is 5.66 Å². The van der Waals surface area contributed by atoms with Gasteiger partial charge in [0.25, 0.3) is 0 Å². The summed E-state index contributed by atoms with van der Waals surface area (Å²) in [4.78, 5) is 8.32. The minimum atomic E-state index is -0.708. The van der Waals surface area contributed by atoms with E-state index in [0.29, 0.717) is 0 Å². The van der Waals surface area contributed by atoms with E-state index in [1.165, 1.54) is 11.1 Å². The van der Waals surface area contributed by atoms with Crippen LogP contribution in [0.25, 0.3) is 11.1 Å². The molecule has 0 radical (unpaired) electrons. The van der Waals surface area contributed by atoms with E-state index in [1.54, 1.807) is 25.3 Å². The molecule has 0 atom stereocenters. The fraction of sp³-hybridized carbons (Fsp3) is 0.0588. The lowest BCUT2D eigenvalue weighted by atomic mass is 9.97. The van der Waals surface area contributed by atoms with Gasteiger partial charge in [0.2, 0.25) is 5.66 Å². The van der Waals surface area contributed by atoms with Gasteiger partial charge >= 0.3 is 0 Å². The van der Waals surface area contributed by atoms with Crippen LogP contribution in [-0.2, 0) is 5.66 Å². The van der Waals surface area contributed by atoms with E-state index >= 15 is 0 Å². The molecule has 0 aliphatic heterocycles. The minimum absolute atomic E-state index is 0.708. The Kier molecular flexibility index (Phi) is 2.33. The minimum Gasteiger partial charge on any atom is -0.223 e. The smallest absolute Gasteiger partial charge is 0.209 e. The van der Waals surface area contributed by atoms with E-state index in [2.05, 4.69) is 44.4 Å². The maximum Gasteiger partial charge on any atom is 0.209 e. The summed E-state index contributed by atoms with van der Waals surface area (Å²) in [6, 6.07) is 16.6. The lowest BCUT2D eigenvalue weighted by molar-refractivity contribution is 0.302. The topological polar surface area (TPSA) is 61.4 Å². The summed E-state index contributed by atoms with van der Waals surface area (Å²) in [5.74, 6) is 0. The maximum absolute atomic E-state index is 4.44. The second kappa shape index (κ2) is 4.36. The highest BCUT2D eigenvalue weighted by molar-refractivity contribution is 5.80. The van der Waals surface area contributed by atoms with Crippen LogP contribution in [-0.4, -0.2) is 29.5 Å². The van der Waals surface area contributed by atoms with Crippen LogP contribution in [0.3, 0.4) is 0 Å². The molecule has 2 aromatic carbocycles. The monoisotopic (exact) mass is 300 g/mol. The van der Waals surface area contributed by atoms with Gasteiger partial charge in [-0.25, -0.2) is 19.3 Å². The summed E-state index contributed by atoms with van der Waals surface area (Å²) < 4.78 is 3.68. The Morgan fingerprint density at radius 1 is 0.652 bits per heavy atom. The van der Waals surface area contributed by atoms with Gasteiger partial charge in [0.15, 0.2) is 0 Å². The summed E-state index contributed by atoms with van der Waals surface area (Å²) in [6.45, 7) is 0. The van der Waals surface area contributed by atoms with E-state index in [9.17, 15) is 0 Å². The molecule has 0 fully saturated rings. The first-order chi connectivity index (χ1) is 11.4. The molecule has 0 spiro atoms. The first-order valence-electron chi connectivity index (χ1n) is 7.32. The van der Waals surface area contributed by atoms with Gasteiger partial charge in [-0.2, -0.15) is 10.2 Å². The normalized spacial score (nSPS) is 14.4. The van der Waals surface area contributed by atoms with Gasteiger partial charge in [-0.3, -0.25) is 0 Å². The van der Waals surface area contributed by atoms with Crippen LogP contribution in [0.5, 0.6) is 0 Å². The van der Waals surface area contributed by atoms with Crippen molar-refractivity contribution >= 4 is 0 Å². The molecule has 1 aliphatic carbocycles. The van der Waals surface area contributed by atoms with Crippen LogP contribution in [0.2, 0.25) is 0 Å². The highest BCUT2D eigenvalue weighted by Crippen LogP contribution is 2.49. The van der Waals surface area contributed by atoms with Crippen molar-refractivity contribution in [3.63, 3.8) is 0 Å². The first kappa shape index (κ1) is 12.3. The van der Waals surface area contributed by atoms with E-state index < -0.39 is 5.66 Å². The number of benzene rings is 2. The van der Waals surface area contributed by atoms with Crippen molar-refractivity contribution in [1.29, 1.82) is 0 Å². The SMILES string of the molecule is c1ccc2c(c1)-c1ccccc1C2(n1cncn1)n1cncn1. The molecular formula is C17H12N6. The Hall–Kier alpha value is -3.28. The van der Waals surface area contributed by atoms with Gasteiger partial charge in [0.05, 0.1) is 0 Å². The fourth-order valence-electron chi connectivity index (χ4n) is 3.54. The fourth-order valence-corrected chi connectivity index (χ4v) is 3.54. The molecule has 5 rings (SSSR count). The van der Waals surface area contributed by atoms with Gasteiger partial charge in [-0.05, 0) is 11.1 Å². The zero-order chi connectivity index (χ0) is 15.3. The van der Waals surface area contributed by atoms with Crippen LogP contribution in [0, 0.1) is 0 Å². The van der Waals surface area contributed by atoms with E-state index in [-0.39, 0.29) is 0 Å². The Labute approximate surface area is 132 Å². The van der Waals surface area contributed by atoms with Gasteiger partial charge in [-0.15, -0.1) is 0 Å². The van der Waals surface area contributed by atoms with Gasteiger partial charge in [-0.1, -0.05) is 48.5 Å². The Morgan fingerprint density at radius 2 is 1.13 bits per heavy atom. The number of fused-ring (bicyclic) bond motifs is 3. The quantitative estimate of drug-likeness (QED) is 0.501. The van der Waals surface area contributed by atoms with Crippen molar-refractivity contribution in [2.24, 2.45) is 0 Å². The van der Waals surface area contributed by atoms with Crippen LogP contribution in [0.15, 0.2) is 73.8 Å². The zero-order valence-electron chi connectivity index (χ0n) is 12.1. The van der Waals surface area contributed by atoms with E-state index in [4.69, 9.17) is 0 Å². The number of hydrogen-bond donors (Lipinski definition) is 0. The zero-order valence-corrected chi connectivity index (χ0v) is 12.1. The van der Waals surface area contributed by atoms with Crippen LogP contribution < -0.4 is 0 Å². The van der Waals surface area contributed by atoms with Crippen molar-refractivity contribution in [1.82, 2.24) is 29.5 Å². The van der Waals surface area contributed by atoms with E-state index in [1.807, 2.05) is 33.6 Å². The third kappa shape index (κ3) is 1.42. The van der Waals surface area contributed by atoms with Crippen molar-refractivity contribution in [2.75, 3.05) is 0 Å². The van der Waals surface area contributed by atoms with Crippen LogP contribution >= 0.6 is 0 Å². The molecular weight excluding hydrogens is 288 g/mol. The summed E-state index contributed by atoms with van der Waals surface area (Å²) in [5.41, 5.74) is 3.86. The van der Waals surface area contributed by atoms with Gasteiger partial charge in [0, 0.05) is 11.1 Å². The van der Waals surface area contributed by atoms with Crippen molar-refractivity contribution < 1.29 is 0 Å². The molecule has 0 saturated carbocycles. The maximum atomic E-state index is 4.44. The molecule has 0 unspecified atom stereocenters. The van der Waals surface area contributed by atoms with Crippen LogP contribution in [0.4, 0.5) is 0 Å². The molecule has 110 valence electrons. The van der Waals surface area contributed by atoms with Crippen LogP contribution in [0.1, 0.15) is 11.1 Å². The average Bonchev–Trinajstić information content (AvgIpc) is 3.34. The largest absolute Gasteiger partial charge is 0.223 e. The number of hydrogen-bond acceptors (Lipinski definition) is 4. The Bertz CT molecular complexity index is 890. The molecule has 0 bridgehead atoms. The molecule has 1 aliphatic rings. The lowest BCUT2D eigenvalue weighted by Gasteiger charge is -2.31. The highest BCUT2D eigenvalue weighted by atomic mass is 15.5. The molecule has 23 heavy (non-hydrogen) atoms. The molecule has 2 aromatic heterocycles. The second-order valence-electron chi connectivity index (χ2n) is 5.44. The lowest BCUT2D eigenvalue weighted by Crippen LogP contribution is -2.42. The summed E-state index contributed by atoms with van der Waals surface area (Å²) in [7, 11) is 0. The summed E-state index contributed by atoms with van der Waals surface area (Å²) in [6.07, 6.45) is 6.53. The molecule has 0 N–H and O–H groups in total. The van der Waals surface area contributed by atoms with Gasteiger partial charge < -0.3 is 0 Å². The molecule has 6 nitrogen and oxygen atoms in total. The van der Waals surface area contributed by atoms with E-state index in [0.717, 1.165) is 11.1 Å². The molecule has 2 heterocycles. The molecule has 0 saturated heterocycles. The predicted octanol–water partition coefficient (Wildman–Crippen LogP) is 2.15. The highest BCUT2D eigenvalue weighted by Gasteiger charge is 2.48. The third-order valence-electron chi connectivity index (χ3n) is 4.40. The molecule has 4 aromatic rings. The van der Waals surface area contributed by atoms with Gasteiger partial charge in [0.1, 0.15) is 25.3 Å². The predicted molar refractivity (Wildman–Crippen MR) is 83.5 cm³/mol. The standard InChI is InChI=1S/C17H12N6/c1-3-7-15-13(5-1)14-6-2-4-8-16(14)17(15,22-11-18-9-20-22)23-12-19-10-21-23/h1-12H. The number of nitrogens with zero attached hydrogens (tertiary/aromatic N) is 6. The van der Waals surface area contributed by atoms with Crippen molar-refractivity contribution in [3.8, 4) is 11.1 Å². The van der Waals surface area contributed by atoms with Crippen molar-refractivity contribution in [3.05, 3.63) is 85.0 Å². The third-order valence-corrected chi connectivity index (χ3v) is 4.40. The first-order valence-corrected chi connectivity index (χ1v) is 7.32. The number of aromatic nitrogens is 6. The molecule has 6 heteroatoms. The second-order valence-corrected chi connectivity index (χ2v) is 5.44. The Balaban J connectivity index is 1.99. The average molecular weight is 300 g/mol. The Morgan fingerprint density at radius 3 is 1.57 bits per heavy atom. The summed E-state index contributed by atoms with van der Waals surface area (Å²) in [5, 5.41) is 8.88.